The summed E-state index contributed by atoms with van der Waals surface area (Å²) in [6, 6.07) is 0. The third-order valence-corrected chi connectivity index (χ3v) is 5.62. The lowest BCUT2D eigenvalue weighted by Crippen LogP contribution is -2.47. The van der Waals surface area contributed by atoms with Gasteiger partial charge >= 0.3 is 0 Å². The molecular weight excluding hydrogens is 266 g/mol. The van der Waals surface area contributed by atoms with Crippen molar-refractivity contribution in [3.63, 3.8) is 0 Å². The number of piperidine rings is 1. The molecule has 0 aromatic rings. The Balaban J connectivity index is 1.81. The number of piperazine rings is 1. The normalized spacial score (nSPS) is 22.4. The molecule has 0 aromatic heterocycles. The molecule has 2 saturated heterocycles. The molecule has 0 bridgehead atoms. The maximum atomic E-state index is 12.1. The van der Waals surface area contributed by atoms with Crippen molar-refractivity contribution in [3.05, 3.63) is 0 Å². The fraction of sp³-hybridized carbons (Fsp3) is 0.917. The highest BCUT2D eigenvalue weighted by Gasteiger charge is 2.25. The third kappa shape index (κ3) is 4.15. The van der Waals surface area contributed by atoms with Crippen molar-refractivity contribution in [2.24, 2.45) is 0 Å². The molecule has 19 heavy (non-hydrogen) atoms. The molecule has 0 aromatic carbocycles. The van der Waals surface area contributed by atoms with Crippen LogP contribution in [0.15, 0.2) is 0 Å². The molecule has 2 rings (SSSR count). The quantitative estimate of drug-likeness (QED) is 0.766. The van der Waals surface area contributed by atoms with E-state index in [0.717, 1.165) is 25.9 Å². The summed E-state index contributed by atoms with van der Waals surface area (Å²) in [6.45, 7) is 3.98. The Morgan fingerprint density at radius 1 is 1.00 bits per heavy atom. The minimum Gasteiger partial charge on any atom is -0.343 e. The molecule has 2 aliphatic heterocycles. The Labute approximate surface area is 115 Å². The molecule has 7 heteroatoms. The van der Waals surface area contributed by atoms with Crippen LogP contribution >= 0.6 is 0 Å². The first kappa shape index (κ1) is 14.7. The second-order valence-electron chi connectivity index (χ2n) is 5.16. The number of hydrogen-bond acceptors (Lipinski definition) is 4. The molecule has 2 heterocycles. The number of sulfonamides is 1. The predicted molar refractivity (Wildman–Crippen MR) is 73.3 cm³/mol. The number of nitrogens with zero attached hydrogens (tertiary/aromatic N) is 2. The molecule has 0 radical (unpaired) electrons. The summed E-state index contributed by atoms with van der Waals surface area (Å²) in [7, 11) is -3.27. The van der Waals surface area contributed by atoms with Crippen molar-refractivity contribution in [1.29, 1.82) is 0 Å². The molecule has 2 aliphatic rings. The van der Waals surface area contributed by atoms with Crippen molar-refractivity contribution in [2.45, 2.75) is 25.7 Å². The van der Waals surface area contributed by atoms with Crippen LogP contribution in [-0.4, -0.2) is 68.6 Å². The van der Waals surface area contributed by atoms with Gasteiger partial charge in [-0.15, -0.1) is 0 Å². The maximum absolute atomic E-state index is 12.1. The first-order chi connectivity index (χ1) is 9.09. The van der Waals surface area contributed by atoms with Crippen molar-refractivity contribution in [1.82, 2.24) is 14.5 Å². The fourth-order valence-corrected chi connectivity index (χ4v) is 4.00. The van der Waals surface area contributed by atoms with E-state index in [1.54, 1.807) is 4.90 Å². The van der Waals surface area contributed by atoms with E-state index in [9.17, 15) is 13.2 Å². The van der Waals surface area contributed by atoms with Crippen molar-refractivity contribution in [3.8, 4) is 0 Å². The van der Waals surface area contributed by atoms with Crippen LogP contribution in [-0.2, 0) is 14.8 Å². The van der Waals surface area contributed by atoms with Gasteiger partial charge in [0.15, 0.2) is 0 Å². The average molecular weight is 289 g/mol. The van der Waals surface area contributed by atoms with Crippen LogP contribution in [0.1, 0.15) is 25.7 Å². The summed E-state index contributed by atoms with van der Waals surface area (Å²) in [5.41, 5.74) is 0. The van der Waals surface area contributed by atoms with Gasteiger partial charge in [-0.3, -0.25) is 4.79 Å². The SMILES string of the molecule is O=C(CCS(=O)(=O)N1CCNCC1)N1CCCCC1. The number of carbonyl (C=O) groups is 1. The monoisotopic (exact) mass is 289 g/mol. The van der Waals surface area contributed by atoms with E-state index in [2.05, 4.69) is 5.32 Å². The number of rotatable bonds is 4. The van der Waals surface area contributed by atoms with Crippen LogP contribution in [0.25, 0.3) is 0 Å². The summed E-state index contributed by atoms with van der Waals surface area (Å²) >= 11 is 0. The standard InChI is InChI=1S/C12H23N3O3S/c16-12(14-7-2-1-3-8-14)4-11-19(17,18)15-9-5-13-6-10-15/h13H,1-11H2. The lowest BCUT2D eigenvalue weighted by atomic mass is 10.1. The van der Waals surface area contributed by atoms with E-state index >= 15 is 0 Å². The molecule has 0 unspecified atom stereocenters. The Bertz CT molecular complexity index is 398. The minimum absolute atomic E-state index is 0.0154. The molecule has 2 fully saturated rings. The Morgan fingerprint density at radius 3 is 2.26 bits per heavy atom. The van der Waals surface area contributed by atoms with Crippen molar-refractivity contribution < 1.29 is 13.2 Å². The van der Waals surface area contributed by atoms with Gasteiger partial charge in [0, 0.05) is 45.7 Å². The smallest absolute Gasteiger partial charge is 0.223 e. The molecule has 1 N–H and O–H groups in total. The zero-order chi connectivity index (χ0) is 13.7. The highest BCUT2D eigenvalue weighted by atomic mass is 32.2. The van der Waals surface area contributed by atoms with E-state index in [0.29, 0.717) is 26.2 Å². The molecule has 1 amide bonds. The molecular formula is C12H23N3O3S. The molecule has 0 saturated carbocycles. The van der Waals surface area contributed by atoms with Crippen LogP contribution in [0.5, 0.6) is 0 Å². The molecule has 110 valence electrons. The van der Waals surface area contributed by atoms with Crippen LogP contribution in [0.2, 0.25) is 0 Å². The van der Waals surface area contributed by atoms with E-state index in [-0.39, 0.29) is 18.1 Å². The maximum Gasteiger partial charge on any atom is 0.223 e. The summed E-state index contributed by atoms with van der Waals surface area (Å²) in [5.74, 6) is -0.0686. The van der Waals surface area contributed by atoms with Gasteiger partial charge < -0.3 is 10.2 Å². The van der Waals surface area contributed by atoms with E-state index in [1.165, 1.54) is 10.7 Å². The zero-order valence-electron chi connectivity index (χ0n) is 11.3. The molecule has 0 aliphatic carbocycles. The fourth-order valence-electron chi connectivity index (χ4n) is 2.57. The first-order valence-corrected chi connectivity index (χ1v) is 8.67. The van der Waals surface area contributed by atoms with Crippen LogP contribution in [0.3, 0.4) is 0 Å². The second kappa shape index (κ2) is 6.67. The predicted octanol–water partition coefficient (Wildman–Crippen LogP) is -0.376. The first-order valence-electron chi connectivity index (χ1n) is 7.06. The molecule has 6 nitrogen and oxygen atoms in total. The van der Waals surface area contributed by atoms with Gasteiger partial charge in [0.05, 0.1) is 5.75 Å². The summed E-state index contributed by atoms with van der Waals surface area (Å²) in [4.78, 5) is 13.8. The van der Waals surface area contributed by atoms with Crippen LogP contribution in [0, 0.1) is 0 Å². The van der Waals surface area contributed by atoms with Crippen molar-refractivity contribution in [2.75, 3.05) is 45.0 Å². The van der Waals surface area contributed by atoms with Gasteiger partial charge in [0.2, 0.25) is 15.9 Å². The van der Waals surface area contributed by atoms with Gasteiger partial charge in [0.25, 0.3) is 0 Å². The van der Waals surface area contributed by atoms with Crippen LogP contribution < -0.4 is 5.32 Å². The number of carbonyl (C=O) groups excluding carboxylic acids is 1. The number of hydrogen-bond donors (Lipinski definition) is 1. The second-order valence-corrected chi connectivity index (χ2v) is 7.24. The van der Waals surface area contributed by atoms with Gasteiger partial charge in [-0.1, -0.05) is 0 Å². The Kier molecular flexibility index (Phi) is 5.18. The number of amides is 1. The topological polar surface area (TPSA) is 69.7 Å². The van der Waals surface area contributed by atoms with Gasteiger partial charge in [-0.25, -0.2) is 8.42 Å². The third-order valence-electron chi connectivity index (χ3n) is 3.75. The van der Waals surface area contributed by atoms with E-state index in [4.69, 9.17) is 0 Å². The number of likely N-dealkylation sites (tertiary alicyclic amines) is 1. The zero-order valence-corrected chi connectivity index (χ0v) is 12.1. The van der Waals surface area contributed by atoms with E-state index in [1.807, 2.05) is 0 Å². The molecule has 0 spiro atoms. The van der Waals surface area contributed by atoms with Gasteiger partial charge in [-0.2, -0.15) is 4.31 Å². The largest absolute Gasteiger partial charge is 0.343 e. The average Bonchev–Trinajstić information content (AvgIpc) is 2.47. The minimum atomic E-state index is -3.27. The lowest BCUT2D eigenvalue weighted by molar-refractivity contribution is -0.131. The lowest BCUT2D eigenvalue weighted by Gasteiger charge is -2.28. The van der Waals surface area contributed by atoms with Crippen molar-refractivity contribution >= 4 is 15.9 Å². The number of nitrogens with one attached hydrogen (secondary N) is 1. The Hall–Kier alpha value is -0.660. The highest BCUT2D eigenvalue weighted by molar-refractivity contribution is 7.89. The summed E-state index contributed by atoms with van der Waals surface area (Å²) in [5, 5.41) is 3.12. The van der Waals surface area contributed by atoms with Gasteiger partial charge in [0.1, 0.15) is 0 Å². The van der Waals surface area contributed by atoms with Crippen LogP contribution in [0.4, 0.5) is 0 Å². The van der Waals surface area contributed by atoms with Gasteiger partial charge in [-0.05, 0) is 19.3 Å². The molecule has 0 atom stereocenters. The van der Waals surface area contributed by atoms with E-state index < -0.39 is 10.0 Å². The Morgan fingerprint density at radius 2 is 1.63 bits per heavy atom. The highest BCUT2D eigenvalue weighted by Crippen LogP contribution is 2.11. The summed E-state index contributed by atoms with van der Waals surface area (Å²) in [6.07, 6.45) is 3.36. The summed E-state index contributed by atoms with van der Waals surface area (Å²) < 4.78 is 25.7.